The first kappa shape index (κ1) is 15.6. The summed E-state index contributed by atoms with van der Waals surface area (Å²) in [6, 6.07) is 3.53. The standard InChI is InChI=1S/C12H17BrFNO2S/c1-4-7-12(2,3)15-18(16,17)11-6-5-9(14)8-10(11)13/h5-6,8,15H,4,7H2,1-3H3. The summed E-state index contributed by atoms with van der Waals surface area (Å²) >= 11 is 3.07. The molecular formula is C12H17BrFNO2S. The summed E-state index contributed by atoms with van der Waals surface area (Å²) in [5.41, 5.74) is -0.526. The van der Waals surface area contributed by atoms with Crippen LogP contribution in [0.1, 0.15) is 33.6 Å². The van der Waals surface area contributed by atoms with Gasteiger partial charge >= 0.3 is 0 Å². The van der Waals surface area contributed by atoms with Gasteiger partial charge in [0.2, 0.25) is 10.0 Å². The molecule has 0 amide bonds. The Labute approximate surface area is 116 Å². The summed E-state index contributed by atoms with van der Waals surface area (Å²) in [7, 11) is -3.65. The molecule has 0 atom stereocenters. The smallest absolute Gasteiger partial charge is 0.207 e. The Morgan fingerprint density at radius 1 is 1.39 bits per heavy atom. The van der Waals surface area contributed by atoms with Crippen molar-refractivity contribution in [3.05, 3.63) is 28.5 Å². The van der Waals surface area contributed by atoms with Crippen LogP contribution >= 0.6 is 15.9 Å². The van der Waals surface area contributed by atoms with Crippen LogP contribution in [0, 0.1) is 5.82 Å². The first-order valence-electron chi connectivity index (χ1n) is 5.67. The Morgan fingerprint density at radius 3 is 2.50 bits per heavy atom. The maximum absolute atomic E-state index is 12.9. The van der Waals surface area contributed by atoms with Crippen LogP contribution in [0.15, 0.2) is 27.6 Å². The Morgan fingerprint density at radius 2 is 2.00 bits per heavy atom. The van der Waals surface area contributed by atoms with Crippen LogP contribution in [-0.4, -0.2) is 14.0 Å². The van der Waals surface area contributed by atoms with Gasteiger partial charge in [-0.05, 0) is 54.4 Å². The van der Waals surface area contributed by atoms with Gasteiger partial charge in [0.15, 0.2) is 0 Å². The number of hydrogen-bond acceptors (Lipinski definition) is 2. The Kier molecular flexibility index (Phi) is 4.91. The fourth-order valence-corrected chi connectivity index (χ4v) is 4.28. The van der Waals surface area contributed by atoms with Crippen LogP contribution in [-0.2, 0) is 10.0 Å². The first-order chi connectivity index (χ1) is 8.18. The van der Waals surface area contributed by atoms with Crippen LogP contribution in [0.4, 0.5) is 4.39 Å². The summed E-state index contributed by atoms with van der Waals surface area (Å²) < 4.78 is 40.2. The number of benzene rings is 1. The number of halogens is 2. The number of sulfonamides is 1. The van der Waals surface area contributed by atoms with Gasteiger partial charge in [-0.1, -0.05) is 13.3 Å². The van der Waals surface area contributed by atoms with Gasteiger partial charge in [0.25, 0.3) is 0 Å². The quantitative estimate of drug-likeness (QED) is 0.894. The third-order valence-electron chi connectivity index (χ3n) is 2.47. The van der Waals surface area contributed by atoms with Gasteiger partial charge in [0.05, 0.1) is 4.90 Å². The summed E-state index contributed by atoms with van der Waals surface area (Å²) in [4.78, 5) is 0.0491. The zero-order valence-electron chi connectivity index (χ0n) is 10.6. The second-order valence-electron chi connectivity index (χ2n) is 4.81. The van der Waals surface area contributed by atoms with E-state index in [2.05, 4.69) is 20.7 Å². The average Bonchev–Trinajstić information content (AvgIpc) is 2.14. The summed E-state index contributed by atoms with van der Waals surface area (Å²) in [6.07, 6.45) is 1.60. The van der Waals surface area contributed by atoms with Gasteiger partial charge in [-0.15, -0.1) is 0 Å². The molecule has 3 nitrogen and oxygen atoms in total. The molecule has 0 aromatic heterocycles. The molecule has 1 N–H and O–H groups in total. The van der Waals surface area contributed by atoms with E-state index in [9.17, 15) is 12.8 Å². The molecule has 102 valence electrons. The highest BCUT2D eigenvalue weighted by Gasteiger charge is 2.26. The second-order valence-corrected chi connectivity index (χ2v) is 7.32. The molecule has 6 heteroatoms. The molecule has 0 unspecified atom stereocenters. The molecule has 0 spiro atoms. The molecule has 18 heavy (non-hydrogen) atoms. The van der Waals surface area contributed by atoms with Crippen LogP contribution in [0.25, 0.3) is 0 Å². The lowest BCUT2D eigenvalue weighted by atomic mass is 10.0. The van der Waals surface area contributed by atoms with Crippen LogP contribution in [0.3, 0.4) is 0 Å². The van der Waals surface area contributed by atoms with E-state index in [1.807, 2.05) is 20.8 Å². The van der Waals surface area contributed by atoms with Gasteiger partial charge in [-0.2, -0.15) is 0 Å². The number of nitrogens with one attached hydrogen (secondary N) is 1. The van der Waals surface area contributed by atoms with Crippen molar-refractivity contribution in [2.75, 3.05) is 0 Å². The summed E-state index contributed by atoms with van der Waals surface area (Å²) in [5.74, 6) is -0.478. The lowest BCUT2D eigenvalue weighted by Gasteiger charge is -2.25. The highest BCUT2D eigenvalue weighted by molar-refractivity contribution is 9.10. The highest BCUT2D eigenvalue weighted by Crippen LogP contribution is 2.24. The summed E-state index contributed by atoms with van der Waals surface area (Å²) in [5, 5.41) is 0. The van der Waals surface area contributed by atoms with Crippen molar-refractivity contribution in [3.8, 4) is 0 Å². The van der Waals surface area contributed by atoms with Crippen LogP contribution < -0.4 is 4.72 Å². The van der Waals surface area contributed by atoms with Crippen molar-refractivity contribution < 1.29 is 12.8 Å². The number of hydrogen-bond donors (Lipinski definition) is 1. The lowest BCUT2D eigenvalue weighted by Crippen LogP contribution is -2.43. The molecule has 0 aliphatic carbocycles. The van der Waals surface area contributed by atoms with E-state index in [1.54, 1.807) is 0 Å². The van der Waals surface area contributed by atoms with Gasteiger partial charge in [0, 0.05) is 10.0 Å². The molecule has 0 radical (unpaired) electrons. The summed E-state index contributed by atoms with van der Waals surface area (Å²) in [6.45, 7) is 5.64. The van der Waals surface area contributed by atoms with E-state index in [0.717, 1.165) is 25.0 Å². The zero-order valence-corrected chi connectivity index (χ0v) is 13.0. The fraction of sp³-hybridized carbons (Fsp3) is 0.500. The van der Waals surface area contributed by atoms with Crippen molar-refractivity contribution in [1.82, 2.24) is 4.72 Å². The average molecular weight is 338 g/mol. The molecule has 1 rings (SSSR count). The van der Waals surface area contributed by atoms with Crippen molar-refractivity contribution in [2.24, 2.45) is 0 Å². The molecule has 0 bridgehead atoms. The van der Waals surface area contributed by atoms with E-state index in [4.69, 9.17) is 0 Å². The van der Waals surface area contributed by atoms with Crippen molar-refractivity contribution in [2.45, 2.75) is 44.0 Å². The molecule has 0 aliphatic rings. The largest absolute Gasteiger partial charge is 0.242 e. The molecule has 1 aromatic rings. The van der Waals surface area contributed by atoms with E-state index in [-0.39, 0.29) is 9.37 Å². The molecule has 0 fully saturated rings. The molecule has 1 aromatic carbocycles. The predicted octanol–water partition coefficient (Wildman–Crippen LogP) is 3.45. The zero-order chi connectivity index (χ0) is 14.0. The molecule has 0 saturated carbocycles. The Balaban J connectivity index is 3.07. The van der Waals surface area contributed by atoms with Gasteiger partial charge < -0.3 is 0 Å². The van der Waals surface area contributed by atoms with Crippen LogP contribution in [0.5, 0.6) is 0 Å². The lowest BCUT2D eigenvalue weighted by molar-refractivity contribution is 0.417. The van der Waals surface area contributed by atoms with E-state index in [0.29, 0.717) is 0 Å². The normalized spacial score (nSPS) is 12.7. The van der Waals surface area contributed by atoms with E-state index in [1.165, 1.54) is 6.07 Å². The fourth-order valence-electron chi connectivity index (χ4n) is 1.79. The molecule has 0 saturated heterocycles. The second kappa shape index (κ2) is 5.67. The topological polar surface area (TPSA) is 46.2 Å². The van der Waals surface area contributed by atoms with Crippen LogP contribution in [0.2, 0.25) is 0 Å². The SMILES string of the molecule is CCCC(C)(C)NS(=O)(=O)c1ccc(F)cc1Br. The minimum absolute atomic E-state index is 0.0491. The van der Waals surface area contributed by atoms with Gasteiger partial charge in [-0.3, -0.25) is 0 Å². The molecule has 0 aliphatic heterocycles. The Bertz CT molecular complexity index is 529. The van der Waals surface area contributed by atoms with Gasteiger partial charge in [0.1, 0.15) is 5.82 Å². The van der Waals surface area contributed by atoms with Crippen molar-refractivity contribution in [1.29, 1.82) is 0 Å². The van der Waals surface area contributed by atoms with Crippen molar-refractivity contribution >= 4 is 26.0 Å². The third kappa shape index (κ3) is 4.03. The highest BCUT2D eigenvalue weighted by atomic mass is 79.9. The van der Waals surface area contributed by atoms with E-state index >= 15 is 0 Å². The van der Waals surface area contributed by atoms with E-state index < -0.39 is 21.4 Å². The maximum atomic E-state index is 12.9. The minimum Gasteiger partial charge on any atom is -0.207 e. The number of rotatable bonds is 5. The first-order valence-corrected chi connectivity index (χ1v) is 7.94. The molecule has 0 heterocycles. The Hall–Kier alpha value is -0.460. The van der Waals surface area contributed by atoms with Gasteiger partial charge in [-0.25, -0.2) is 17.5 Å². The monoisotopic (exact) mass is 337 g/mol. The third-order valence-corrected chi connectivity index (χ3v) is 5.14. The van der Waals surface area contributed by atoms with Crippen molar-refractivity contribution in [3.63, 3.8) is 0 Å². The minimum atomic E-state index is -3.65. The molecular weight excluding hydrogens is 321 g/mol. The maximum Gasteiger partial charge on any atom is 0.242 e. The predicted molar refractivity (Wildman–Crippen MR) is 73.4 cm³/mol.